The van der Waals surface area contributed by atoms with E-state index in [0.717, 1.165) is 0 Å². The quantitative estimate of drug-likeness (QED) is 0.172. The number of thiol groups is 1. The molecule has 2 saturated heterocycles. The molecule has 1 aliphatic carbocycles. The Morgan fingerprint density at radius 3 is 2.79 bits per heavy atom. The van der Waals surface area contributed by atoms with Gasteiger partial charge in [0.15, 0.2) is 23.0 Å². The van der Waals surface area contributed by atoms with Crippen LogP contribution in [0.3, 0.4) is 0 Å². The predicted octanol–water partition coefficient (Wildman–Crippen LogP) is 0.453. The number of rotatable bonds is 2. The first-order valence-corrected chi connectivity index (χ1v) is 17.0. The Labute approximate surface area is 242 Å². The first-order valence-electron chi connectivity index (χ1n) is 12.9. The minimum Gasteiger partial charge on any atom is -0.369 e. The third-order valence-corrected chi connectivity index (χ3v) is 10.2. The summed E-state index contributed by atoms with van der Waals surface area (Å²) in [5.41, 5.74) is 6.41. The molecule has 0 spiro atoms. The van der Waals surface area contributed by atoms with Crippen LogP contribution in [0.1, 0.15) is 31.5 Å². The van der Waals surface area contributed by atoms with Crippen molar-refractivity contribution in [1.29, 1.82) is 0 Å². The lowest BCUT2D eigenvalue weighted by Crippen LogP contribution is -2.37. The van der Waals surface area contributed by atoms with E-state index in [-0.39, 0.29) is 42.7 Å². The zero-order valence-electron chi connectivity index (χ0n) is 21.6. The van der Waals surface area contributed by atoms with Crippen LogP contribution in [-0.2, 0) is 32.8 Å². The van der Waals surface area contributed by atoms with E-state index in [1.165, 1.54) is 17.2 Å². The van der Waals surface area contributed by atoms with Gasteiger partial charge in [0.2, 0.25) is 5.95 Å². The van der Waals surface area contributed by atoms with Gasteiger partial charge in [-0.05, 0) is 12.8 Å². The molecule has 7 atom stereocenters. The summed E-state index contributed by atoms with van der Waals surface area (Å²) in [4.78, 5) is 35.5. The minimum absolute atomic E-state index is 0.0196. The average Bonchev–Trinajstić information content (AvgIpc) is 3.70. The number of nitrogens with zero attached hydrogens (tertiary/aromatic N) is 7. The molecule has 6 heterocycles. The maximum Gasteiger partial charge on any atom is 0.386 e. The Bertz CT molecular complexity index is 1880. The van der Waals surface area contributed by atoms with Gasteiger partial charge in [-0.15, -0.1) is 0 Å². The standard InChI is InChI=1S/C21H25N10O8PS2/c22-21-28-18-16(19(32)29-21)26-9-31(18)20-15-3-12(37-20)6-36-40(33,41)38-14-2-11(1-10(14)4-27-42(34,35)39-15)30-8-25-13-5-23-7-24-17(13)30/h5,7-12,14-15,20,27H,1-4,6H2,(H,33,41)(H3,22,28,29,32)/t10-,11-,12+,14+,15-,20-,40-/m1/s1. The van der Waals surface area contributed by atoms with E-state index in [1.807, 2.05) is 4.57 Å². The number of ether oxygens (including phenoxy) is 1. The normalized spacial score (nSPS) is 33.6. The smallest absolute Gasteiger partial charge is 0.369 e. The lowest BCUT2D eigenvalue weighted by molar-refractivity contribution is -0.0419. The zero-order chi connectivity index (χ0) is 29.2. The fraction of sp³-hybridized carbons (Fsp3) is 0.524. The van der Waals surface area contributed by atoms with Crippen LogP contribution in [0.2, 0.25) is 0 Å². The fourth-order valence-corrected chi connectivity index (χ4v) is 8.31. The molecule has 2 aliphatic heterocycles. The molecule has 7 rings (SSSR count). The summed E-state index contributed by atoms with van der Waals surface area (Å²) in [5, 5.41) is 0. The van der Waals surface area contributed by atoms with E-state index in [4.69, 9.17) is 23.7 Å². The summed E-state index contributed by atoms with van der Waals surface area (Å²) in [6.07, 6.45) is 3.18. The Morgan fingerprint density at radius 2 is 1.93 bits per heavy atom. The number of nitrogens with two attached hydrogens (primary N) is 1. The number of aromatic amines is 1. The van der Waals surface area contributed by atoms with Crippen LogP contribution in [0.15, 0.2) is 30.0 Å². The van der Waals surface area contributed by atoms with E-state index < -0.39 is 53.1 Å². The topological polar surface area (TPSA) is 233 Å². The van der Waals surface area contributed by atoms with Crippen LogP contribution in [0, 0.1) is 5.92 Å². The van der Waals surface area contributed by atoms with Crippen molar-refractivity contribution in [2.24, 2.45) is 5.92 Å². The van der Waals surface area contributed by atoms with Crippen LogP contribution in [0.25, 0.3) is 22.3 Å². The third-order valence-electron chi connectivity index (χ3n) is 7.57. The Kier molecular flexibility index (Phi) is 6.85. The van der Waals surface area contributed by atoms with E-state index >= 15 is 0 Å². The molecule has 4 N–H and O–H groups in total. The second-order valence-corrected chi connectivity index (χ2v) is 14.5. The van der Waals surface area contributed by atoms with Crippen LogP contribution in [0.5, 0.6) is 0 Å². The molecule has 18 nitrogen and oxygen atoms in total. The average molecular weight is 641 g/mol. The molecular formula is C21H25N10O8PS2. The highest BCUT2D eigenvalue weighted by molar-refractivity contribution is 8.44. The van der Waals surface area contributed by atoms with Crippen LogP contribution in [0.4, 0.5) is 5.95 Å². The zero-order valence-corrected chi connectivity index (χ0v) is 24.2. The monoisotopic (exact) mass is 640 g/mol. The number of fused-ring (bicyclic) bond motifs is 5. The van der Waals surface area contributed by atoms with Crippen molar-refractivity contribution in [3.05, 3.63) is 35.5 Å². The summed E-state index contributed by atoms with van der Waals surface area (Å²) in [6, 6.07) is -0.187. The SMILES string of the molecule is Nc1nc2c(ncn2[C@@H]2O[C@@H]3CO[P@@](=O)(S)O[C@H]4C[C@H](n5cnc6cncnc65)C[C@@H]4CNS(=O)(=O)O[C@@H]2C3)c(=O)[nH]1. The molecule has 2 bridgehead atoms. The highest BCUT2D eigenvalue weighted by atomic mass is 32.7. The number of hydrogen-bond acceptors (Lipinski definition) is 14. The minimum atomic E-state index is -4.32. The maximum absolute atomic E-state index is 13.3. The lowest BCUT2D eigenvalue weighted by atomic mass is 10.1. The van der Waals surface area contributed by atoms with Gasteiger partial charge < -0.3 is 15.0 Å². The predicted molar refractivity (Wildman–Crippen MR) is 147 cm³/mol. The molecule has 3 fully saturated rings. The lowest BCUT2D eigenvalue weighted by Gasteiger charge is -2.25. The first-order chi connectivity index (χ1) is 20.1. The number of nitrogens with one attached hydrogen (secondary N) is 2. The third kappa shape index (κ3) is 5.21. The van der Waals surface area contributed by atoms with Gasteiger partial charge in [-0.3, -0.25) is 23.4 Å². The van der Waals surface area contributed by atoms with E-state index in [9.17, 15) is 17.8 Å². The number of H-pyrrole nitrogens is 1. The molecule has 3 aliphatic rings. The van der Waals surface area contributed by atoms with Crippen molar-refractivity contribution < 1.29 is 31.0 Å². The summed E-state index contributed by atoms with van der Waals surface area (Å²) in [5.74, 6) is -0.576. The van der Waals surface area contributed by atoms with E-state index in [0.29, 0.717) is 24.0 Å². The van der Waals surface area contributed by atoms with Crippen LogP contribution in [-0.4, -0.2) is 78.9 Å². The van der Waals surface area contributed by atoms with E-state index in [1.54, 1.807) is 12.5 Å². The molecule has 21 heteroatoms. The van der Waals surface area contributed by atoms with E-state index in [2.05, 4.69) is 46.9 Å². The van der Waals surface area contributed by atoms with Crippen molar-refractivity contribution in [3.63, 3.8) is 0 Å². The Balaban J connectivity index is 1.17. The second-order valence-electron chi connectivity index (χ2n) is 10.3. The van der Waals surface area contributed by atoms with Crippen molar-refractivity contribution >= 4 is 57.6 Å². The fourth-order valence-electron chi connectivity index (χ4n) is 5.75. The van der Waals surface area contributed by atoms with Gasteiger partial charge in [0.25, 0.3) is 5.56 Å². The summed E-state index contributed by atoms with van der Waals surface area (Å²) < 4.78 is 68.5. The molecular weight excluding hydrogens is 615 g/mol. The van der Waals surface area contributed by atoms with Gasteiger partial charge in [-0.2, -0.15) is 18.1 Å². The highest BCUT2D eigenvalue weighted by Crippen LogP contribution is 2.57. The molecule has 0 radical (unpaired) electrons. The number of hydrogen-bond donors (Lipinski definition) is 4. The van der Waals surface area contributed by atoms with Crippen LogP contribution < -0.4 is 16.0 Å². The second kappa shape index (κ2) is 10.3. The number of aromatic nitrogens is 8. The van der Waals surface area contributed by atoms with Crippen molar-refractivity contribution in [2.45, 2.75) is 49.8 Å². The van der Waals surface area contributed by atoms with Gasteiger partial charge in [-0.1, -0.05) is 12.2 Å². The largest absolute Gasteiger partial charge is 0.386 e. The van der Waals surface area contributed by atoms with Crippen molar-refractivity contribution in [2.75, 3.05) is 18.9 Å². The highest BCUT2D eigenvalue weighted by Gasteiger charge is 2.45. The van der Waals surface area contributed by atoms with Crippen molar-refractivity contribution in [1.82, 2.24) is 43.8 Å². The van der Waals surface area contributed by atoms with Gasteiger partial charge in [0, 0.05) is 24.9 Å². The molecule has 0 aromatic carbocycles. The van der Waals surface area contributed by atoms with Gasteiger partial charge in [0.1, 0.15) is 17.9 Å². The molecule has 4 aromatic heterocycles. The molecule has 0 unspecified atom stereocenters. The molecule has 42 heavy (non-hydrogen) atoms. The molecule has 4 aromatic rings. The van der Waals surface area contributed by atoms with Gasteiger partial charge in [0.05, 0.1) is 37.7 Å². The number of imidazole rings is 2. The maximum atomic E-state index is 13.3. The molecule has 0 amide bonds. The Hall–Kier alpha value is -2.97. The summed E-state index contributed by atoms with van der Waals surface area (Å²) in [6.45, 7) is -4.24. The summed E-state index contributed by atoms with van der Waals surface area (Å²) in [7, 11) is -4.32. The van der Waals surface area contributed by atoms with Gasteiger partial charge in [-0.25, -0.2) is 28.7 Å². The first kappa shape index (κ1) is 27.8. The van der Waals surface area contributed by atoms with Crippen LogP contribution >= 0.6 is 19.0 Å². The number of nitrogen functional groups attached to an aromatic ring is 1. The number of anilines is 1. The van der Waals surface area contributed by atoms with Crippen molar-refractivity contribution in [3.8, 4) is 0 Å². The Morgan fingerprint density at radius 1 is 1.10 bits per heavy atom. The van der Waals surface area contributed by atoms with Gasteiger partial charge >= 0.3 is 17.1 Å². The summed E-state index contributed by atoms with van der Waals surface area (Å²) >= 11 is 4.20. The molecule has 224 valence electrons. The molecule has 1 saturated carbocycles.